The number of hydrogen-bond acceptors (Lipinski definition) is 2. The number of benzene rings is 4. The molecule has 6 aromatic rings. The molecule has 0 nitrogen and oxygen atoms in total. The van der Waals surface area contributed by atoms with Crippen LogP contribution in [0.3, 0.4) is 0 Å². The smallest absolute Gasteiger partial charge is 0.199 e. The van der Waals surface area contributed by atoms with Gasteiger partial charge in [-0.15, -0.1) is 22.7 Å². The number of alkyl halides is 6. The molecule has 0 bridgehead atoms. The van der Waals surface area contributed by atoms with E-state index in [-0.39, 0.29) is 20.9 Å². The van der Waals surface area contributed by atoms with Crippen molar-refractivity contribution >= 4 is 22.7 Å². The van der Waals surface area contributed by atoms with Crippen LogP contribution >= 0.6 is 22.7 Å². The van der Waals surface area contributed by atoms with Gasteiger partial charge in [-0.3, -0.25) is 0 Å². The summed E-state index contributed by atoms with van der Waals surface area (Å²) >= 11 is 2.27. The van der Waals surface area contributed by atoms with Crippen molar-refractivity contribution in [1.29, 1.82) is 0 Å². The molecular formula is C37H24F6S2. The molecule has 1 saturated carbocycles. The van der Waals surface area contributed by atoms with Crippen LogP contribution in [-0.2, 0) is 0 Å². The largest absolute Gasteiger partial charge is 0.373 e. The van der Waals surface area contributed by atoms with E-state index in [0.717, 1.165) is 22.7 Å². The number of halogens is 6. The lowest BCUT2D eigenvalue weighted by Crippen LogP contribution is -2.48. The molecule has 2 heterocycles. The first-order valence-electron chi connectivity index (χ1n) is 14.2. The van der Waals surface area contributed by atoms with Gasteiger partial charge in [-0.2, -0.15) is 26.3 Å². The molecule has 0 spiro atoms. The zero-order chi connectivity index (χ0) is 31.4. The van der Waals surface area contributed by atoms with Gasteiger partial charge in [0.25, 0.3) is 0 Å². The molecule has 2 unspecified atom stereocenters. The minimum Gasteiger partial charge on any atom is -0.199 e. The van der Waals surface area contributed by atoms with E-state index in [1.165, 1.54) is 12.1 Å². The normalized spacial score (nSPS) is 19.9. The minimum absolute atomic E-state index is 0.219. The van der Waals surface area contributed by atoms with Crippen LogP contribution in [-0.4, -0.2) is 17.8 Å². The van der Waals surface area contributed by atoms with Crippen molar-refractivity contribution in [1.82, 2.24) is 0 Å². The highest BCUT2D eigenvalue weighted by Crippen LogP contribution is 2.71. The summed E-state index contributed by atoms with van der Waals surface area (Å²) in [6.07, 6.45) is 0. The highest BCUT2D eigenvalue weighted by Gasteiger charge is 2.85. The highest BCUT2D eigenvalue weighted by molar-refractivity contribution is 7.19. The van der Waals surface area contributed by atoms with E-state index < -0.39 is 29.6 Å². The quantitative estimate of drug-likeness (QED) is 0.158. The SMILES string of the molecule is FC1(F)C(c2cc(-c3ccccc3)sc2-c2ccccc2)C(c2cc(-c3ccccc3)sc2-c2ccccc2)C(F)(F)C1(F)F. The van der Waals surface area contributed by atoms with E-state index in [9.17, 15) is 0 Å². The first-order valence-corrected chi connectivity index (χ1v) is 15.9. The Morgan fingerprint density at radius 1 is 0.400 bits per heavy atom. The van der Waals surface area contributed by atoms with Gasteiger partial charge < -0.3 is 0 Å². The fourth-order valence-electron chi connectivity index (χ4n) is 6.17. The topological polar surface area (TPSA) is 0 Å². The molecule has 0 radical (unpaired) electrons. The van der Waals surface area contributed by atoms with Crippen LogP contribution in [0.4, 0.5) is 26.3 Å². The predicted molar refractivity (Wildman–Crippen MR) is 171 cm³/mol. The monoisotopic (exact) mass is 646 g/mol. The Balaban J connectivity index is 1.52. The third-order valence-electron chi connectivity index (χ3n) is 8.33. The number of rotatable bonds is 6. The maximum absolute atomic E-state index is 16.3. The van der Waals surface area contributed by atoms with E-state index >= 15 is 26.3 Å². The summed E-state index contributed by atoms with van der Waals surface area (Å²) in [5.41, 5.74) is 1.90. The van der Waals surface area contributed by atoms with Gasteiger partial charge in [-0.05, 0) is 45.5 Å². The highest BCUT2D eigenvalue weighted by atomic mass is 32.1. The van der Waals surface area contributed by atoms with Crippen LogP contribution in [0.2, 0.25) is 0 Å². The molecular weight excluding hydrogens is 623 g/mol. The Bertz CT molecular complexity index is 1790. The third kappa shape index (κ3) is 4.73. The summed E-state index contributed by atoms with van der Waals surface area (Å²) in [4.78, 5) is 1.57. The standard InChI is InChI=1S/C37H24F6S2/c38-35(39)31(27-21-29(23-13-5-1-6-14-23)44-33(27)25-17-9-3-10-18-25)32(36(40,41)37(35,42)43)28-22-30(24-15-7-2-8-16-24)45-34(28)26-19-11-4-12-20-26/h1-22,31-32H. The number of hydrogen-bond donors (Lipinski definition) is 0. The molecule has 226 valence electrons. The molecule has 8 heteroatoms. The predicted octanol–water partition coefficient (Wildman–Crippen LogP) is 12.3. The maximum atomic E-state index is 16.3. The van der Waals surface area contributed by atoms with Crippen molar-refractivity contribution in [3.05, 3.63) is 145 Å². The lowest BCUT2D eigenvalue weighted by molar-refractivity contribution is -0.274. The van der Waals surface area contributed by atoms with Gasteiger partial charge in [0.05, 0.1) is 11.8 Å². The van der Waals surface area contributed by atoms with Crippen molar-refractivity contribution in [3.8, 4) is 41.8 Å². The van der Waals surface area contributed by atoms with Gasteiger partial charge in [-0.25, -0.2) is 0 Å². The molecule has 0 aliphatic heterocycles. The van der Waals surface area contributed by atoms with Crippen molar-refractivity contribution in [2.75, 3.05) is 0 Å². The summed E-state index contributed by atoms with van der Waals surface area (Å²) < 4.78 is 96.2. The second-order valence-electron chi connectivity index (χ2n) is 11.0. The van der Waals surface area contributed by atoms with E-state index in [1.54, 1.807) is 121 Å². The van der Waals surface area contributed by atoms with Crippen molar-refractivity contribution in [3.63, 3.8) is 0 Å². The lowest BCUT2D eigenvalue weighted by Gasteiger charge is -2.26. The Morgan fingerprint density at radius 2 is 0.689 bits per heavy atom. The van der Waals surface area contributed by atoms with Gasteiger partial charge >= 0.3 is 17.8 Å². The molecule has 1 fully saturated rings. The van der Waals surface area contributed by atoms with E-state index in [4.69, 9.17) is 0 Å². The average Bonchev–Trinajstić information content (AvgIpc) is 3.72. The summed E-state index contributed by atoms with van der Waals surface area (Å²) in [6.45, 7) is 0. The van der Waals surface area contributed by atoms with Crippen LogP contribution in [0.15, 0.2) is 133 Å². The summed E-state index contributed by atoms with van der Waals surface area (Å²) in [7, 11) is 0. The Hall–Kier alpha value is -4.14. The Labute approximate surface area is 264 Å². The molecule has 0 amide bonds. The van der Waals surface area contributed by atoms with Gasteiger partial charge in [0.2, 0.25) is 0 Å². The zero-order valence-corrected chi connectivity index (χ0v) is 25.1. The van der Waals surface area contributed by atoms with Crippen LogP contribution in [0.1, 0.15) is 23.0 Å². The maximum Gasteiger partial charge on any atom is 0.373 e. The van der Waals surface area contributed by atoms with Gasteiger partial charge in [0.15, 0.2) is 0 Å². The van der Waals surface area contributed by atoms with E-state index in [1.807, 2.05) is 0 Å². The molecule has 2 atom stereocenters. The zero-order valence-electron chi connectivity index (χ0n) is 23.4. The van der Waals surface area contributed by atoms with Gasteiger partial charge in [0, 0.05) is 19.5 Å². The average molecular weight is 647 g/mol. The minimum atomic E-state index is -5.61. The third-order valence-corrected chi connectivity index (χ3v) is 10.8. The fourth-order valence-corrected chi connectivity index (χ4v) is 8.61. The van der Waals surface area contributed by atoms with Crippen molar-refractivity contribution in [2.45, 2.75) is 29.6 Å². The second-order valence-corrected chi connectivity index (χ2v) is 13.1. The molecule has 0 saturated heterocycles. The summed E-state index contributed by atoms with van der Waals surface area (Å²) in [6, 6.07) is 37.6. The van der Waals surface area contributed by atoms with Crippen LogP contribution < -0.4 is 0 Å². The molecule has 45 heavy (non-hydrogen) atoms. The Morgan fingerprint density at radius 3 is 1.00 bits per heavy atom. The molecule has 2 aromatic heterocycles. The van der Waals surface area contributed by atoms with Gasteiger partial charge in [0.1, 0.15) is 0 Å². The van der Waals surface area contributed by atoms with Crippen LogP contribution in [0, 0.1) is 0 Å². The van der Waals surface area contributed by atoms with Gasteiger partial charge in [-0.1, -0.05) is 121 Å². The first kappa shape index (κ1) is 29.6. The molecule has 0 N–H and O–H groups in total. The molecule has 1 aliphatic rings. The fraction of sp³-hybridized carbons (Fsp3) is 0.135. The number of thiophene rings is 2. The van der Waals surface area contributed by atoms with E-state index in [2.05, 4.69) is 0 Å². The van der Waals surface area contributed by atoms with E-state index in [0.29, 0.717) is 32.0 Å². The second kappa shape index (κ2) is 11.0. The van der Waals surface area contributed by atoms with Crippen LogP contribution in [0.5, 0.6) is 0 Å². The summed E-state index contributed by atoms with van der Waals surface area (Å²) in [5, 5.41) is 0. The van der Waals surface area contributed by atoms with Crippen molar-refractivity contribution in [2.24, 2.45) is 0 Å². The molecule has 4 aromatic carbocycles. The van der Waals surface area contributed by atoms with Crippen molar-refractivity contribution < 1.29 is 26.3 Å². The first-order chi connectivity index (χ1) is 21.6. The Kier molecular flexibility index (Phi) is 7.25. The lowest BCUT2D eigenvalue weighted by atomic mass is 9.80. The molecule has 1 aliphatic carbocycles. The summed E-state index contributed by atoms with van der Waals surface area (Å²) in [5.74, 6) is -20.8. The molecule has 7 rings (SSSR count). The van der Waals surface area contributed by atoms with Crippen LogP contribution in [0.25, 0.3) is 41.8 Å².